The molecule has 0 N–H and O–H groups in total. The lowest BCUT2D eigenvalue weighted by Crippen LogP contribution is -2.17. The topological polar surface area (TPSA) is 0 Å². The number of hydrogen-bond donors (Lipinski definition) is 0. The fourth-order valence-electron chi connectivity index (χ4n) is 3.17. The van der Waals surface area contributed by atoms with Crippen molar-refractivity contribution in [1.29, 1.82) is 0 Å². The zero-order valence-electron chi connectivity index (χ0n) is 16.2. The van der Waals surface area contributed by atoms with Gasteiger partial charge in [0.15, 0.2) is 0 Å². The van der Waals surface area contributed by atoms with Crippen LogP contribution in [0.15, 0.2) is 55.1 Å². The first-order valence-corrected chi connectivity index (χ1v) is 9.09. The highest BCUT2D eigenvalue weighted by atomic mass is 14.3. The van der Waals surface area contributed by atoms with Crippen LogP contribution in [-0.4, -0.2) is 0 Å². The number of benzene rings is 2. The van der Waals surface area contributed by atoms with E-state index in [4.69, 9.17) is 0 Å². The minimum atomic E-state index is 0.0838. The van der Waals surface area contributed by atoms with Gasteiger partial charge in [0.05, 0.1) is 0 Å². The predicted molar refractivity (Wildman–Crippen MR) is 108 cm³/mol. The molecule has 0 amide bonds. The van der Waals surface area contributed by atoms with Crippen LogP contribution in [0.5, 0.6) is 0 Å². The van der Waals surface area contributed by atoms with Gasteiger partial charge in [-0.2, -0.15) is 0 Å². The van der Waals surface area contributed by atoms with Gasteiger partial charge in [0, 0.05) is 0 Å². The van der Waals surface area contributed by atoms with Crippen molar-refractivity contribution in [3.05, 3.63) is 77.4 Å². The first kappa shape index (κ1) is 18.5. The van der Waals surface area contributed by atoms with Gasteiger partial charge in [-0.15, -0.1) is 0 Å². The van der Waals surface area contributed by atoms with Crippen molar-refractivity contribution in [2.75, 3.05) is 0 Å². The van der Waals surface area contributed by atoms with E-state index in [9.17, 15) is 0 Å². The highest BCUT2D eigenvalue weighted by Gasteiger charge is 2.22. The summed E-state index contributed by atoms with van der Waals surface area (Å²) in [6, 6.07) is 17.9. The summed E-state index contributed by atoms with van der Waals surface area (Å²) in [5.41, 5.74) is 6.74. The standard InChI is InChI=1S/C24H32/c1-17(2)20-11-13-23(14-12-20)24(6,7)16-19(5)22-10-8-9-21(15-22)18(3)4/h8-15,17-18H,5,16H2,1-4,6-7H3. The van der Waals surface area contributed by atoms with Gasteiger partial charge < -0.3 is 0 Å². The summed E-state index contributed by atoms with van der Waals surface area (Å²) in [7, 11) is 0. The molecular formula is C24H32. The van der Waals surface area contributed by atoms with E-state index in [1.807, 2.05) is 0 Å². The Morgan fingerprint density at radius 3 is 2.00 bits per heavy atom. The quantitative estimate of drug-likeness (QED) is 0.523. The van der Waals surface area contributed by atoms with Gasteiger partial charge >= 0.3 is 0 Å². The molecule has 0 saturated carbocycles. The summed E-state index contributed by atoms with van der Waals surface area (Å²) in [5.74, 6) is 1.13. The van der Waals surface area contributed by atoms with Crippen molar-refractivity contribution in [1.82, 2.24) is 0 Å². The van der Waals surface area contributed by atoms with Crippen LogP contribution in [0.3, 0.4) is 0 Å². The molecular weight excluding hydrogens is 288 g/mol. The molecule has 0 atom stereocenters. The molecule has 0 aliphatic heterocycles. The molecule has 0 bridgehead atoms. The monoisotopic (exact) mass is 320 g/mol. The van der Waals surface area contributed by atoms with Crippen molar-refractivity contribution in [3.8, 4) is 0 Å². The minimum Gasteiger partial charge on any atom is -0.0952 e. The normalized spacial score (nSPS) is 12.0. The van der Waals surface area contributed by atoms with Crippen LogP contribution in [0.2, 0.25) is 0 Å². The van der Waals surface area contributed by atoms with Gasteiger partial charge in [0.1, 0.15) is 0 Å². The maximum absolute atomic E-state index is 4.38. The van der Waals surface area contributed by atoms with Crippen molar-refractivity contribution >= 4 is 5.57 Å². The Labute approximate surface area is 148 Å². The first-order valence-electron chi connectivity index (χ1n) is 9.09. The van der Waals surface area contributed by atoms with E-state index in [1.165, 1.54) is 27.8 Å². The maximum Gasteiger partial charge on any atom is -0.00632 e. The third kappa shape index (κ3) is 4.38. The fraction of sp³-hybridized carbons (Fsp3) is 0.417. The minimum absolute atomic E-state index is 0.0838. The first-order chi connectivity index (χ1) is 11.2. The summed E-state index contributed by atoms with van der Waals surface area (Å²) in [6.07, 6.45) is 0.968. The van der Waals surface area contributed by atoms with E-state index in [1.54, 1.807) is 0 Å². The highest BCUT2D eigenvalue weighted by Crippen LogP contribution is 2.34. The molecule has 2 aromatic rings. The van der Waals surface area contributed by atoms with E-state index in [2.05, 4.69) is 96.7 Å². The molecule has 0 fully saturated rings. The van der Waals surface area contributed by atoms with Gasteiger partial charge in [-0.25, -0.2) is 0 Å². The van der Waals surface area contributed by atoms with Crippen LogP contribution in [0.1, 0.15) is 82.1 Å². The second kappa shape index (κ2) is 7.38. The largest absolute Gasteiger partial charge is 0.0952 e. The lowest BCUT2D eigenvalue weighted by atomic mass is 9.77. The summed E-state index contributed by atoms with van der Waals surface area (Å²) in [6.45, 7) is 18.0. The molecule has 0 aromatic heterocycles. The smallest absolute Gasteiger partial charge is 0.00632 e. The molecule has 0 spiro atoms. The zero-order chi connectivity index (χ0) is 17.9. The molecule has 128 valence electrons. The van der Waals surface area contributed by atoms with Crippen molar-refractivity contribution in [2.24, 2.45) is 0 Å². The van der Waals surface area contributed by atoms with Crippen LogP contribution in [0.4, 0.5) is 0 Å². The summed E-state index contributed by atoms with van der Waals surface area (Å²) < 4.78 is 0. The second-order valence-corrected chi connectivity index (χ2v) is 8.22. The molecule has 0 saturated heterocycles. The average Bonchev–Trinajstić information content (AvgIpc) is 2.54. The third-order valence-corrected chi connectivity index (χ3v) is 4.98. The van der Waals surface area contributed by atoms with Crippen LogP contribution in [-0.2, 0) is 5.41 Å². The Bertz CT molecular complexity index is 684. The Morgan fingerprint density at radius 2 is 1.46 bits per heavy atom. The van der Waals surface area contributed by atoms with Gasteiger partial charge in [0.2, 0.25) is 0 Å². The molecule has 2 aromatic carbocycles. The molecule has 0 heteroatoms. The Balaban J connectivity index is 2.18. The van der Waals surface area contributed by atoms with E-state index in [0.29, 0.717) is 11.8 Å². The maximum atomic E-state index is 4.38. The lowest BCUT2D eigenvalue weighted by molar-refractivity contribution is 0.541. The molecule has 24 heavy (non-hydrogen) atoms. The average molecular weight is 321 g/mol. The Morgan fingerprint density at radius 1 is 0.875 bits per heavy atom. The Kier molecular flexibility index (Phi) is 5.70. The summed E-state index contributed by atoms with van der Waals surface area (Å²) in [4.78, 5) is 0. The van der Waals surface area contributed by atoms with Crippen LogP contribution in [0.25, 0.3) is 5.57 Å². The van der Waals surface area contributed by atoms with Crippen LogP contribution in [0, 0.1) is 0 Å². The van der Waals surface area contributed by atoms with E-state index in [0.717, 1.165) is 6.42 Å². The summed E-state index contributed by atoms with van der Waals surface area (Å²) in [5, 5.41) is 0. The molecule has 2 rings (SSSR count). The number of allylic oxidation sites excluding steroid dienone is 1. The molecule has 0 nitrogen and oxygen atoms in total. The van der Waals surface area contributed by atoms with E-state index < -0.39 is 0 Å². The predicted octanol–water partition coefficient (Wildman–Crippen LogP) is 7.31. The van der Waals surface area contributed by atoms with E-state index >= 15 is 0 Å². The van der Waals surface area contributed by atoms with Gasteiger partial charge in [0.25, 0.3) is 0 Å². The van der Waals surface area contributed by atoms with Crippen molar-refractivity contribution < 1.29 is 0 Å². The SMILES string of the molecule is C=C(CC(C)(C)c1ccc(C(C)C)cc1)c1cccc(C(C)C)c1. The van der Waals surface area contributed by atoms with Crippen molar-refractivity contribution in [3.63, 3.8) is 0 Å². The number of hydrogen-bond acceptors (Lipinski definition) is 0. The molecule has 0 aliphatic carbocycles. The van der Waals surface area contributed by atoms with Crippen LogP contribution >= 0.6 is 0 Å². The van der Waals surface area contributed by atoms with Gasteiger partial charge in [-0.1, -0.05) is 96.7 Å². The lowest BCUT2D eigenvalue weighted by Gasteiger charge is -2.27. The number of rotatable bonds is 6. The zero-order valence-corrected chi connectivity index (χ0v) is 16.2. The molecule has 0 aliphatic rings. The third-order valence-electron chi connectivity index (χ3n) is 4.98. The fourth-order valence-corrected chi connectivity index (χ4v) is 3.17. The highest BCUT2D eigenvalue weighted by molar-refractivity contribution is 5.65. The van der Waals surface area contributed by atoms with Crippen molar-refractivity contribution in [2.45, 2.75) is 65.2 Å². The van der Waals surface area contributed by atoms with Gasteiger partial charge in [-0.3, -0.25) is 0 Å². The molecule has 0 heterocycles. The Hall–Kier alpha value is -1.82. The summed E-state index contributed by atoms with van der Waals surface area (Å²) >= 11 is 0. The molecule has 0 radical (unpaired) electrons. The van der Waals surface area contributed by atoms with Crippen LogP contribution < -0.4 is 0 Å². The second-order valence-electron chi connectivity index (χ2n) is 8.22. The molecule has 0 unspecified atom stereocenters. The van der Waals surface area contributed by atoms with Gasteiger partial charge in [-0.05, 0) is 51.5 Å². The van der Waals surface area contributed by atoms with E-state index in [-0.39, 0.29) is 5.41 Å².